The van der Waals surface area contributed by atoms with Crippen LogP contribution in [-0.4, -0.2) is 34.6 Å². The molecule has 1 heterocycles. The Balaban J connectivity index is 2.23. The Hall–Kier alpha value is -2.99. The highest BCUT2D eigenvalue weighted by atomic mass is 19.1. The molecule has 0 aliphatic heterocycles. The van der Waals surface area contributed by atoms with Crippen molar-refractivity contribution >= 4 is 16.9 Å². The number of carbonyl (C=O) groups is 1. The van der Waals surface area contributed by atoms with Gasteiger partial charge in [-0.1, -0.05) is 12.1 Å². The molecule has 0 unspecified atom stereocenters. The highest BCUT2D eigenvalue weighted by Gasteiger charge is 2.16. The summed E-state index contributed by atoms with van der Waals surface area (Å²) in [5, 5.41) is 9.34. The number of nitrogens with zero attached hydrogens (tertiary/aromatic N) is 2. The van der Waals surface area contributed by atoms with Gasteiger partial charge in [-0.25, -0.2) is 9.18 Å². The van der Waals surface area contributed by atoms with Gasteiger partial charge in [0.05, 0.1) is 5.52 Å². The smallest absolute Gasteiger partial charge is 0.341 e. The molecule has 1 aromatic heterocycles. The summed E-state index contributed by atoms with van der Waals surface area (Å²) in [7, 11) is 3.94. The molecule has 0 fully saturated rings. The summed E-state index contributed by atoms with van der Waals surface area (Å²) in [4.78, 5) is 25.7. The lowest BCUT2D eigenvalue weighted by molar-refractivity contribution is 0.0695. The SMILES string of the molecule is CN(C)Cc1ccc(-n2cc(C(=O)O)c(=O)c3cc(F)ccc32)cc1. The molecule has 1 N–H and O–H groups in total. The van der Waals surface area contributed by atoms with E-state index in [-0.39, 0.29) is 5.39 Å². The van der Waals surface area contributed by atoms with Gasteiger partial charge in [-0.05, 0) is 50.0 Å². The van der Waals surface area contributed by atoms with Gasteiger partial charge in [0.1, 0.15) is 11.4 Å². The van der Waals surface area contributed by atoms with Crippen LogP contribution >= 0.6 is 0 Å². The largest absolute Gasteiger partial charge is 0.477 e. The van der Waals surface area contributed by atoms with Crippen molar-refractivity contribution in [2.45, 2.75) is 6.54 Å². The molecule has 0 saturated carbocycles. The van der Waals surface area contributed by atoms with Crippen molar-refractivity contribution in [3.63, 3.8) is 0 Å². The average Bonchev–Trinajstić information content (AvgIpc) is 2.55. The van der Waals surface area contributed by atoms with Crippen LogP contribution in [0.5, 0.6) is 0 Å². The van der Waals surface area contributed by atoms with Crippen molar-refractivity contribution in [1.82, 2.24) is 9.47 Å². The Morgan fingerprint density at radius 2 is 1.84 bits per heavy atom. The maximum atomic E-state index is 13.6. The molecule has 128 valence electrons. The van der Waals surface area contributed by atoms with Crippen LogP contribution in [0.15, 0.2) is 53.5 Å². The molecule has 0 amide bonds. The summed E-state index contributed by atoms with van der Waals surface area (Å²) in [6, 6.07) is 11.4. The van der Waals surface area contributed by atoms with Crippen LogP contribution in [0.4, 0.5) is 4.39 Å². The lowest BCUT2D eigenvalue weighted by Crippen LogP contribution is -2.18. The van der Waals surface area contributed by atoms with E-state index in [1.807, 2.05) is 43.3 Å². The number of fused-ring (bicyclic) bond motifs is 1. The van der Waals surface area contributed by atoms with Gasteiger partial charge < -0.3 is 14.6 Å². The number of pyridine rings is 1. The number of hydrogen-bond acceptors (Lipinski definition) is 3. The number of benzene rings is 2. The number of aromatic carboxylic acids is 1. The van der Waals surface area contributed by atoms with E-state index in [9.17, 15) is 19.1 Å². The van der Waals surface area contributed by atoms with E-state index in [0.717, 1.165) is 18.2 Å². The zero-order chi connectivity index (χ0) is 18.1. The minimum Gasteiger partial charge on any atom is -0.477 e. The Bertz CT molecular complexity index is 1010. The van der Waals surface area contributed by atoms with E-state index in [4.69, 9.17) is 0 Å². The molecule has 0 aliphatic carbocycles. The summed E-state index contributed by atoms with van der Waals surface area (Å²) in [5.41, 5.74) is 1.17. The number of aromatic nitrogens is 1. The first kappa shape index (κ1) is 16.9. The van der Waals surface area contributed by atoms with E-state index in [1.54, 1.807) is 4.57 Å². The second-order valence-corrected chi connectivity index (χ2v) is 6.11. The fourth-order valence-corrected chi connectivity index (χ4v) is 2.80. The zero-order valence-electron chi connectivity index (χ0n) is 13.9. The monoisotopic (exact) mass is 340 g/mol. The Kier molecular flexibility index (Phi) is 4.37. The number of carboxylic acids is 1. The molecule has 2 aromatic carbocycles. The standard InChI is InChI=1S/C19H17FN2O3/c1-21(2)10-12-3-6-14(7-4-12)22-11-16(19(24)25)18(23)15-9-13(20)5-8-17(15)22/h3-9,11H,10H2,1-2H3,(H,24,25). The number of hydrogen-bond donors (Lipinski definition) is 1. The Morgan fingerprint density at radius 3 is 2.44 bits per heavy atom. The first-order valence-corrected chi connectivity index (χ1v) is 7.69. The Labute approximate surface area is 143 Å². The third-order valence-corrected chi connectivity index (χ3v) is 3.91. The van der Waals surface area contributed by atoms with Crippen molar-refractivity contribution in [2.24, 2.45) is 0 Å². The van der Waals surface area contributed by atoms with E-state index >= 15 is 0 Å². The molecule has 0 radical (unpaired) electrons. The van der Waals surface area contributed by atoms with Gasteiger partial charge in [0.2, 0.25) is 5.43 Å². The van der Waals surface area contributed by atoms with Crippen molar-refractivity contribution in [1.29, 1.82) is 0 Å². The van der Waals surface area contributed by atoms with Crippen LogP contribution in [0, 0.1) is 5.82 Å². The molecule has 0 bridgehead atoms. The summed E-state index contributed by atoms with van der Waals surface area (Å²) in [5.74, 6) is -1.92. The second kappa shape index (κ2) is 6.49. The molecular formula is C19H17FN2O3. The number of carboxylic acid groups (broad SMARTS) is 1. The zero-order valence-corrected chi connectivity index (χ0v) is 13.9. The van der Waals surface area contributed by atoms with Gasteiger partial charge >= 0.3 is 5.97 Å². The highest BCUT2D eigenvalue weighted by Crippen LogP contribution is 2.19. The van der Waals surface area contributed by atoms with Gasteiger partial charge in [0, 0.05) is 23.8 Å². The maximum Gasteiger partial charge on any atom is 0.341 e. The fraction of sp³-hybridized carbons (Fsp3) is 0.158. The molecule has 0 spiro atoms. The molecule has 3 rings (SSSR count). The van der Waals surface area contributed by atoms with Crippen LogP contribution < -0.4 is 5.43 Å². The molecule has 25 heavy (non-hydrogen) atoms. The lowest BCUT2D eigenvalue weighted by atomic mass is 10.1. The summed E-state index contributed by atoms with van der Waals surface area (Å²) < 4.78 is 15.2. The fourth-order valence-electron chi connectivity index (χ4n) is 2.80. The number of rotatable bonds is 4. The van der Waals surface area contributed by atoms with Gasteiger partial charge in [-0.3, -0.25) is 4.79 Å². The van der Waals surface area contributed by atoms with E-state index < -0.39 is 22.8 Å². The van der Waals surface area contributed by atoms with E-state index in [2.05, 4.69) is 0 Å². The summed E-state index contributed by atoms with van der Waals surface area (Å²) in [6.45, 7) is 0.775. The molecule has 5 nitrogen and oxygen atoms in total. The lowest BCUT2D eigenvalue weighted by Gasteiger charge is -2.14. The predicted octanol–water partition coefficient (Wildman–Crippen LogP) is 2.89. The van der Waals surface area contributed by atoms with Crippen molar-refractivity contribution in [2.75, 3.05) is 14.1 Å². The van der Waals surface area contributed by atoms with E-state index in [1.165, 1.54) is 18.3 Å². The van der Waals surface area contributed by atoms with Gasteiger partial charge in [0.25, 0.3) is 0 Å². The minimum absolute atomic E-state index is 0.0391. The first-order valence-electron chi connectivity index (χ1n) is 7.69. The second-order valence-electron chi connectivity index (χ2n) is 6.11. The predicted molar refractivity (Wildman–Crippen MR) is 93.9 cm³/mol. The minimum atomic E-state index is -1.34. The van der Waals surface area contributed by atoms with Gasteiger partial charge in [-0.15, -0.1) is 0 Å². The average molecular weight is 340 g/mol. The van der Waals surface area contributed by atoms with Gasteiger partial charge in [-0.2, -0.15) is 0 Å². The molecule has 0 aliphatic rings. The van der Waals surface area contributed by atoms with Gasteiger partial charge in [0.15, 0.2) is 0 Å². The molecule has 0 atom stereocenters. The third kappa shape index (κ3) is 3.29. The normalized spacial score (nSPS) is 11.2. The van der Waals surface area contributed by atoms with Crippen LogP contribution in [0.25, 0.3) is 16.6 Å². The van der Waals surface area contributed by atoms with Crippen LogP contribution in [0.2, 0.25) is 0 Å². The summed E-state index contributed by atoms with van der Waals surface area (Å²) in [6.07, 6.45) is 1.28. The quantitative estimate of drug-likeness (QED) is 0.793. The molecular weight excluding hydrogens is 323 g/mol. The Morgan fingerprint density at radius 1 is 1.16 bits per heavy atom. The van der Waals surface area contributed by atoms with E-state index in [0.29, 0.717) is 11.2 Å². The number of halogens is 1. The van der Waals surface area contributed by atoms with Crippen molar-refractivity contribution < 1.29 is 14.3 Å². The third-order valence-electron chi connectivity index (χ3n) is 3.91. The van der Waals surface area contributed by atoms with Crippen LogP contribution in [-0.2, 0) is 6.54 Å². The molecule has 6 heteroatoms. The topological polar surface area (TPSA) is 62.5 Å². The van der Waals surface area contributed by atoms with Crippen LogP contribution in [0.1, 0.15) is 15.9 Å². The van der Waals surface area contributed by atoms with Crippen molar-refractivity contribution in [3.8, 4) is 5.69 Å². The summed E-state index contributed by atoms with van der Waals surface area (Å²) >= 11 is 0. The first-order chi connectivity index (χ1) is 11.9. The molecule has 0 saturated heterocycles. The maximum absolute atomic E-state index is 13.6. The van der Waals surface area contributed by atoms with Crippen molar-refractivity contribution in [3.05, 3.63) is 75.8 Å². The highest BCUT2D eigenvalue weighted by molar-refractivity contribution is 5.93. The van der Waals surface area contributed by atoms with Crippen LogP contribution in [0.3, 0.4) is 0 Å². The molecule has 3 aromatic rings.